The largest absolute Gasteiger partial charge is 0.450 e. The summed E-state index contributed by atoms with van der Waals surface area (Å²) in [5.74, 6) is 0.969. The molecule has 1 aromatic heterocycles. The molecule has 172 valence electrons. The van der Waals surface area contributed by atoms with Gasteiger partial charge in [0.2, 0.25) is 0 Å². The number of hydrogen-bond acceptors (Lipinski definition) is 5. The summed E-state index contributed by atoms with van der Waals surface area (Å²) in [5.41, 5.74) is 2.39. The van der Waals surface area contributed by atoms with Gasteiger partial charge in [-0.25, -0.2) is 0 Å². The van der Waals surface area contributed by atoms with Crippen molar-refractivity contribution in [1.29, 1.82) is 0 Å². The molecule has 5 rings (SSSR count). The monoisotopic (exact) mass is 456 g/mol. The molecule has 1 spiro atoms. The highest BCUT2D eigenvalue weighted by Gasteiger charge is 2.42. The first-order chi connectivity index (χ1) is 15.4. The molecule has 2 aromatic rings. The molecule has 2 aliphatic heterocycles. The average molecular weight is 457 g/mol. The van der Waals surface area contributed by atoms with Crippen LogP contribution in [0.1, 0.15) is 74.9 Å². The van der Waals surface area contributed by atoms with Crippen LogP contribution in [-0.4, -0.2) is 36.0 Å². The Morgan fingerprint density at radius 3 is 2.66 bits per heavy atom. The minimum atomic E-state index is -0.256. The second-order valence-corrected chi connectivity index (χ2v) is 10.3. The smallest absolute Gasteiger partial charge is 0.287 e. The van der Waals surface area contributed by atoms with Crippen LogP contribution < -0.4 is 16.0 Å². The van der Waals surface area contributed by atoms with Crippen molar-refractivity contribution in [1.82, 2.24) is 15.5 Å². The maximum atomic E-state index is 13.1. The molecule has 1 aromatic carbocycles. The van der Waals surface area contributed by atoms with E-state index in [1.165, 1.54) is 6.42 Å². The van der Waals surface area contributed by atoms with Gasteiger partial charge in [0.15, 0.2) is 5.76 Å². The summed E-state index contributed by atoms with van der Waals surface area (Å²) >= 11 is 6.69. The van der Waals surface area contributed by atoms with Crippen LogP contribution in [0, 0.1) is 0 Å². The third-order valence-electron chi connectivity index (χ3n) is 7.43. The minimum absolute atomic E-state index is 0.145. The lowest BCUT2D eigenvalue weighted by molar-refractivity contribution is 0.0875. The van der Waals surface area contributed by atoms with Crippen LogP contribution in [0.4, 0.5) is 5.69 Å². The number of piperidine rings is 1. The number of anilines is 1. The topological polar surface area (TPSA) is 69.5 Å². The second kappa shape index (κ2) is 8.31. The molecule has 1 aliphatic carbocycles. The number of benzene rings is 1. The first-order valence-corrected chi connectivity index (χ1v) is 12.3. The Labute approximate surface area is 194 Å². The van der Waals surface area contributed by atoms with Gasteiger partial charge in [-0.1, -0.05) is 37.4 Å². The lowest BCUT2D eigenvalue weighted by atomic mass is 9.74. The minimum Gasteiger partial charge on any atom is -0.450 e. The number of likely N-dealkylation sites (tertiary alicyclic amines) is 1. The van der Waals surface area contributed by atoms with Crippen LogP contribution in [0.3, 0.4) is 0 Å². The van der Waals surface area contributed by atoms with Gasteiger partial charge in [0, 0.05) is 36.1 Å². The Kier molecular flexibility index (Phi) is 5.62. The van der Waals surface area contributed by atoms with Crippen LogP contribution in [0.15, 0.2) is 28.9 Å². The van der Waals surface area contributed by atoms with E-state index in [4.69, 9.17) is 16.0 Å². The fourth-order valence-corrected chi connectivity index (χ4v) is 5.98. The Hall–Kier alpha value is -2.18. The van der Waals surface area contributed by atoms with Gasteiger partial charge in [-0.3, -0.25) is 4.79 Å². The molecular formula is C25H33ClN4O2. The first kappa shape index (κ1) is 21.7. The quantitative estimate of drug-likeness (QED) is 0.582. The third-order valence-corrected chi connectivity index (χ3v) is 7.73. The third kappa shape index (κ3) is 3.77. The molecule has 1 saturated carbocycles. The van der Waals surface area contributed by atoms with E-state index in [1.54, 1.807) is 0 Å². The second-order valence-electron chi connectivity index (χ2n) is 9.89. The SMILES string of the molecule is C=C1Nc2c(Cl)cc3cc(C(=O)NC4CCN(C(C)C)CC4)oc3c2C2(CCCCC2)N1. The molecule has 32 heavy (non-hydrogen) atoms. The number of furan rings is 1. The summed E-state index contributed by atoms with van der Waals surface area (Å²) in [6.45, 7) is 10.6. The molecule has 3 N–H and O–H groups in total. The van der Waals surface area contributed by atoms with Gasteiger partial charge in [-0.05, 0) is 51.7 Å². The lowest BCUT2D eigenvalue weighted by Crippen LogP contribution is -2.48. The van der Waals surface area contributed by atoms with Crippen molar-refractivity contribution in [3.8, 4) is 0 Å². The van der Waals surface area contributed by atoms with Crippen LogP contribution in [0.25, 0.3) is 11.0 Å². The molecule has 3 heterocycles. The van der Waals surface area contributed by atoms with Gasteiger partial charge in [-0.2, -0.15) is 0 Å². The highest BCUT2D eigenvalue weighted by atomic mass is 35.5. The number of amides is 1. The highest BCUT2D eigenvalue weighted by molar-refractivity contribution is 6.34. The van der Waals surface area contributed by atoms with Crippen molar-refractivity contribution >= 4 is 34.2 Å². The number of nitrogens with one attached hydrogen (secondary N) is 3. The van der Waals surface area contributed by atoms with Crippen LogP contribution in [0.2, 0.25) is 5.02 Å². The summed E-state index contributed by atoms with van der Waals surface area (Å²) in [7, 11) is 0. The molecule has 1 amide bonds. The van der Waals surface area contributed by atoms with E-state index in [9.17, 15) is 4.79 Å². The van der Waals surface area contributed by atoms with Crippen molar-refractivity contribution < 1.29 is 9.21 Å². The number of hydrogen-bond donors (Lipinski definition) is 3. The van der Waals surface area contributed by atoms with E-state index in [0.717, 1.165) is 79.7 Å². The number of rotatable bonds is 3. The van der Waals surface area contributed by atoms with Crippen molar-refractivity contribution in [3.63, 3.8) is 0 Å². The molecule has 7 heteroatoms. The Bertz CT molecular complexity index is 1050. The molecule has 0 unspecified atom stereocenters. The van der Waals surface area contributed by atoms with Crippen molar-refractivity contribution in [3.05, 3.63) is 40.9 Å². The van der Waals surface area contributed by atoms with Crippen molar-refractivity contribution in [2.45, 2.75) is 76.4 Å². The molecule has 0 atom stereocenters. The molecule has 2 fully saturated rings. The average Bonchev–Trinajstić information content (AvgIpc) is 3.18. The van der Waals surface area contributed by atoms with E-state index in [0.29, 0.717) is 16.8 Å². The van der Waals surface area contributed by atoms with Crippen molar-refractivity contribution in [2.75, 3.05) is 18.4 Å². The van der Waals surface area contributed by atoms with Gasteiger partial charge in [0.1, 0.15) is 5.58 Å². The molecule has 1 saturated heterocycles. The van der Waals surface area contributed by atoms with Crippen LogP contribution >= 0.6 is 11.6 Å². The zero-order valence-electron chi connectivity index (χ0n) is 19.0. The highest BCUT2D eigenvalue weighted by Crippen LogP contribution is 2.49. The van der Waals surface area contributed by atoms with E-state index in [2.05, 4.69) is 41.3 Å². The van der Waals surface area contributed by atoms with Crippen LogP contribution in [0.5, 0.6) is 0 Å². The maximum absolute atomic E-state index is 13.1. The van der Waals surface area contributed by atoms with Gasteiger partial charge in [0.05, 0.1) is 22.1 Å². The molecule has 0 radical (unpaired) electrons. The molecule has 6 nitrogen and oxygen atoms in total. The zero-order valence-corrected chi connectivity index (χ0v) is 19.8. The van der Waals surface area contributed by atoms with Gasteiger partial charge in [0.25, 0.3) is 5.91 Å². The maximum Gasteiger partial charge on any atom is 0.287 e. The summed E-state index contributed by atoms with van der Waals surface area (Å²) in [6, 6.07) is 4.45. The van der Waals surface area contributed by atoms with Crippen molar-refractivity contribution in [2.24, 2.45) is 0 Å². The Morgan fingerprint density at radius 2 is 1.97 bits per heavy atom. The van der Waals surface area contributed by atoms with Gasteiger partial charge < -0.3 is 25.3 Å². The number of fused-ring (bicyclic) bond motifs is 4. The Morgan fingerprint density at radius 1 is 1.25 bits per heavy atom. The standard InChI is InChI=1S/C25H33ClN4O2/c1-15(2)30-11-7-18(8-12-30)28-24(31)20-14-17-13-19(26)22-21(23(17)32-20)25(29-16(3)27-22)9-5-4-6-10-25/h13-15,18,27,29H,3-12H2,1-2H3,(H,28,31). The lowest BCUT2D eigenvalue weighted by Gasteiger charge is -2.44. The summed E-state index contributed by atoms with van der Waals surface area (Å²) in [6.07, 6.45) is 7.41. The van der Waals surface area contributed by atoms with Gasteiger partial charge >= 0.3 is 0 Å². The molecule has 3 aliphatic rings. The van der Waals surface area contributed by atoms with E-state index < -0.39 is 0 Å². The number of halogens is 1. The fraction of sp³-hybridized carbons (Fsp3) is 0.560. The predicted octanol–water partition coefficient (Wildman–Crippen LogP) is 5.33. The molecular weight excluding hydrogens is 424 g/mol. The first-order valence-electron chi connectivity index (χ1n) is 11.9. The Balaban J connectivity index is 1.45. The summed E-state index contributed by atoms with van der Waals surface area (Å²) in [4.78, 5) is 15.5. The van der Waals surface area contributed by atoms with E-state index in [1.807, 2.05) is 12.1 Å². The van der Waals surface area contributed by atoms with Crippen LogP contribution in [-0.2, 0) is 5.54 Å². The summed E-state index contributed by atoms with van der Waals surface area (Å²) in [5, 5.41) is 11.6. The van der Waals surface area contributed by atoms with E-state index >= 15 is 0 Å². The van der Waals surface area contributed by atoms with E-state index in [-0.39, 0.29) is 17.5 Å². The number of carbonyl (C=O) groups is 1. The predicted molar refractivity (Wildman–Crippen MR) is 129 cm³/mol. The van der Waals surface area contributed by atoms with Gasteiger partial charge in [-0.15, -0.1) is 0 Å². The normalized spacial score (nSPS) is 21.4. The number of carbonyl (C=O) groups excluding carboxylic acids is 1. The summed E-state index contributed by atoms with van der Waals surface area (Å²) < 4.78 is 6.26. The number of nitrogens with zero attached hydrogens (tertiary/aromatic N) is 1. The fourth-order valence-electron chi connectivity index (χ4n) is 5.72. The zero-order chi connectivity index (χ0) is 22.5. The molecule has 0 bridgehead atoms.